The smallest absolute Gasteiger partial charge is 0.253 e. The molecule has 1 heterocycles. The Morgan fingerprint density at radius 3 is 2.86 bits per heavy atom. The minimum Gasteiger partial charge on any atom is -0.376 e. The summed E-state index contributed by atoms with van der Waals surface area (Å²) in [5.74, 6) is -0.570. The molecule has 0 spiro atoms. The van der Waals surface area contributed by atoms with Crippen molar-refractivity contribution in [2.75, 3.05) is 18.5 Å². The van der Waals surface area contributed by atoms with Gasteiger partial charge in [-0.25, -0.2) is 0 Å². The van der Waals surface area contributed by atoms with Gasteiger partial charge in [-0.15, -0.1) is 11.6 Å². The van der Waals surface area contributed by atoms with Crippen molar-refractivity contribution in [3.05, 3.63) is 29.8 Å². The van der Waals surface area contributed by atoms with Gasteiger partial charge in [0.15, 0.2) is 0 Å². The monoisotopic (exact) mass is 310 g/mol. The molecule has 21 heavy (non-hydrogen) atoms. The Balaban J connectivity index is 2.00. The number of hydrogen-bond donors (Lipinski definition) is 2. The molecule has 0 radical (unpaired) electrons. The Hall–Kier alpha value is -1.59. The van der Waals surface area contributed by atoms with Crippen LogP contribution >= 0.6 is 11.6 Å². The number of para-hydroxylation sites is 1. The quantitative estimate of drug-likeness (QED) is 0.819. The van der Waals surface area contributed by atoms with Crippen LogP contribution in [0.2, 0.25) is 0 Å². The zero-order valence-electron chi connectivity index (χ0n) is 11.9. The van der Waals surface area contributed by atoms with Gasteiger partial charge < -0.3 is 15.4 Å². The number of nitrogens with one attached hydrogen (secondary N) is 2. The molecular weight excluding hydrogens is 292 g/mol. The predicted octanol–water partition coefficient (Wildman–Crippen LogP) is 2.16. The second kappa shape index (κ2) is 7.43. The zero-order valence-corrected chi connectivity index (χ0v) is 12.7. The Labute approximate surface area is 129 Å². The van der Waals surface area contributed by atoms with Gasteiger partial charge in [-0.1, -0.05) is 12.1 Å². The van der Waals surface area contributed by atoms with Gasteiger partial charge in [-0.2, -0.15) is 0 Å². The van der Waals surface area contributed by atoms with Crippen molar-refractivity contribution in [3.63, 3.8) is 0 Å². The van der Waals surface area contributed by atoms with E-state index in [2.05, 4.69) is 10.6 Å². The average Bonchev–Trinajstić information content (AvgIpc) is 2.98. The molecule has 0 bridgehead atoms. The minimum atomic E-state index is -0.659. The molecule has 1 aliphatic heterocycles. The fraction of sp³-hybridized carbons (Fsp3) is 0.467. The Kier molecular flexibility index (Phi) is 5.59. The molecule has 6 heteroatoms. The maximum Gasteiger partial charge on any atom is 0.253 e. The topological polar surface area (TPSA) is 67.4 Å². The van der Waals surface area contributed by atoms with Crippen molar-refractivity contribution in [1.29, 1.82) is 0 Å². The van der Waals surface area contributed by atoms with Crippen molar-refractivity contribution < 1.29 is 14.3 Å². The van der Waals surface area contributed by atoms with E-state index in [4.69, 9.17) is 16.3 Å². The van der Waals surface area contributed by atoms with E-state index in [9.17, 15) is 9.59 Å². The van der Waals surface area contributed by atoms with Gasteiger partial charge in [0.05, 0.1) is 17.4 Å². The Morgan fingerprint density at radius 1 is 1.43 bits per heavy atom. The average molecular weight is 311 g/mol. The standard InChI is InChI=1S/C15H19ClN2O3/c1-10(16)14(19)18-13-7-3-2-6-12(13)15(20)17-9-11-5-4-8-21-11/h2-3,6-7,10-11H,4-5,8-9H2,1H3,(H,17,20)(H,18,19)/t10-,11+/m1/s1. The fourth-order valence-electron chi connectivity index (χ4n) is 2.13. The number of alkyl halides is 1. The molecule has 1 aliphatic rings. The van der Waals surface area contributed by atoms with Gasteiger partial charge in [-0.05, 0) is 31.9 Å². The zero-order chi connectivity index (χ0) is 15.2. The van der Waals surface area contributed by atoms with E-state index < -0.39 is 5.38 Å². The van der Waals surface area contributed by atoms with Crippen molar-refractivity contribution >= 4 is 29.1 Å². The van der Waals surface area contributed by atoms with E-state index in [1.165, 1.54) is 0 Å². The molecule has 1 aromatic rings. The number of carbonyl (C=O) groups is 2. The van der Waals surface area contributed by atoms with Crippen LogP contribution in [0.15, 0.2) is 24.3 Å². The van der Waals surface area contributed by atoms with Gasteiger partial charge in [0.2, 0.25) is 5.91 Å². The Morgan fingerprint density at radius 2 is 2.19 bits per heavy atom. The van der Waals surface area contributed by atoms with E-state index in [-0.39, 0.29) is 17.9 Å². The van der Waals surface area contributed by atoms with Crippen molar-refractivity contribution in [1.82, 2.24) is 5.32 Å². The molecular formula is C15H19ClN2O3. The molecule has 2 atom stereocenters. The van der Waals surface area contributed by atoms with Crippen LogP contribution in [0.3, 0.4) is 0 Å². The third-order valence-corrected chi connectivity index (χ3v) is 3.50. The lowest BCUT2D eigenvalue weighted by Crippen LogP contribution is -2.32. The lowest BCUT2D eigenvalue weighted by Gasteiger charge is -2.14. The lowest BCUT2D eigenvalue weighted by atomic mass is 10.1. The summed E-state index contributed by atoms with van der Waals surface area (Å²) >= 11 is 5.73. The van der Waals surface area contributed by atoms with Gasteiger partial charge in [0.1, 0.15) is 5.38 Å². The SMILES string of the molecule is C[C@@H](Cl)C(=O)Nc1ccccc1C(=O)NC[C@@H]1CCCO1. The van der Waals surface area contributed by atoms with Crippen LogP contribution < -0.4 is 10.6 Å². The van der Waals surface area contributed by atoms with Crippen LogP contribution in [0, 0.1) is 0 Å². The first-order chi connectivity index (χ1) is 10.1. The summed E-state index contributed by atoms with van der Waals surface area (Å²) in [7, 11) is 0. The number of amides is 2. The molecule has 2 N–H and O–H groups in total. The predicted molar refractivity (Wildman–Crippen MR) is 81.7 cm³/mol. The molecule has 0 unspecified atom stereocenters. The fourth-order valence-corrected chi connectivity index (χ4v) is 2.18. The van der Waals surface area contributed by atoms with Crippen LogP contribution in [0.4, 0.5) is 5.69 Å². The third-order valence-electron chi connectivity index (χ3n) is 3.31. The highest BCUT2D eigenvalue weighted by molar-refractivity contribution is 6.32. The number of anilines is 1. The lowest BCUT2D eigenvalue weighted by molar-refractivity contribution is -0.115. The molecule has 1 fully saturated rings. The maximum atomic E-state index is 12.2. The summed E-state index contributed by atoms with van der Waals surface area (Å²) in [5, 5.41) is 4.83. The first-order valence-corrected chi connectivity index (χ1v) is 7.45. The molecule has 0 aliphatic carbocycles. The van der Waals surface area contributed by atoms with E-state index in [0.717, 1.165) is 19.4 Å². The van der Waals surface area contributed by atoms with Crippen molar-refractivity contribution in [3.8, 4) is 0 Å². The first-order valence-electron chi connectivity index (χ1n) is 7.01. The van der Waals surface area contributed by atoms with Crippen LogP contribution in [-0.2, 0) is 9.53 Å². The number of ether oxygens (including phenoxy) is 1. The second-order valence-electron chi connectivity index (χ2n) is 5.00. The van der Waals surface area contributed by atoms with E-state index >= 15 is 0 Å². The maximum absolute atomic E-state index is 12.2. The summed E-state index contributed by atoms with van der Waals surface area (Å²) < 4.78 is 5.46. The molecule has 1 saturated heterocycles. The molecule has 0 aromatic heterocycles. The first kappa shape index (κ1) is 15.8. The highest BCUT2D eigenvalue weighted by Gasteiger charge is 2.19. The van der Waals surface area contributed by atoms with E-state index in [1.54, 1.807) is 31.2 Å². The summed E-state index contributed by atoms with van der Waals surface area (Å²) in [6, 6.07) is 6.85. The largest absolute Gasteiger partial charge is 0.376 e. The minimum absolute atomic E-state index is 0.0820. The normalized spacial score (nSPS) is 19.0. The summed E-state index contributed by atoms with van der Waals surface area (Å²) in [6.07, 6.45) is 2.07. The van der Waals surface area contributed by atoms with Crippen molar-refractivity contribution in [2.45, 2.75) is 31.2 Å². The van der Waals surface area contributed by atoms with E-state index in [0.29, 0.717) is 17.8 Å². The second-order valence-corrected chi connectivity index (χ2v) is 5.65. The molecule has 114 valence electrons. The third kappa shape index (κ3) is 4.44. The van der Waals surface area contributed by atoms with Gasteiger partial charge in [-0.3, -0.25) is 9.59 Å². The highest BCUT2D eigenvalue weighted by atomic mass is 35.5. The van der Waals surface area contributed by atoms with Gasteiger partial charge in [0.25, 0.3) is 5.91 Å². The van der Waals surface area contributed by atoms with Crippen LogP contribution in [0.5, 0.6) is 0 Å². The summed E-state index contributed by atoms with van der Waals surface area (Å²) in [6.45, 7) is 2.81. The number of rotatable bonds is 5. The van der Waals surface area contributed by atoms with E-state index in [1.807, 2.05) is 0 Å². The van der Waals surface area contributed by atoms with Crippen molar-refractivity contribution in [2.24, 2.45) is 0 Å². The molecule has 2 amide bonds. The Bertz CT molecular complexity index is 513. The van der Waals surface area contributed by atoms with Crippen LogP contribution in [0.1, 0.15) is 30.1 Å². The van der Waals surface area contributed by atoms with Crippen LogP contribution in [-0.4, -0.2) is 36.4 Å². The van der Waals surface area contributed by atoms with Crippen LogP contribution in [0.25, 0.3) is 0 Å². The molecule has 0 saturated carbocycles. The van der Waals surface area contributed by atoms with Gasteiger partial charge in [0, 0.05) is 13.2 Å². The summed E-state index contributed by atoms with van der Waals surface area (Å²) in [4.78, 5) is 23.9. The van der Waals surface area contributed by atoms with Gasteiger partial charge >= 0.3 is 0 Å². The molecule has 2 rings (SSSR count). The summed E-state index contributed by atoms with van der Waals surface area (Å²) in [5.41, 5.74) is 0.876. The molecule has 5 nitrogen and oxygen atoms in total. The number of halogens is 1. The number of benzene rings is 1. The number of carbonyl (C=O) groups excluding carboxylic acids is 2. The molecule has 1 aromatic carbocycles. The highest BCUT2D eigenvalue weighted by Crippen LogP contribution is 2.16. The number of hydrogen-bond acceptors (Lipinski definition) is 3.